The fraction of sp³-hybridized carbons (Fsp3) is 0.571. The van der Waals surface area contributed by atoms with Crippen LogP contribution in [0.3, 0.4) is 0 Å². The highest BCUT2D eigenvalue weighted by Gasteiger charge is 2.41. The van der Waals surface area contributed by atoms with Gasteiger partial charge in [0, 0.05) is 31.2 Å². The maximum absolute atomic E-state index is 13.2. The number of piperidine rings is 1. The molecule has 3 heterocycles. The largest absolute Gasteiger partial charge is 0.506 e. The molecule has 1 saturated heterocycles. The van der Waals surface area contributed by atoms with Gasteiger partial charge in [-0.15, -0.1) is 0 Å². The summed E-state index contributed by atoms with van der Waals surface area (Å²) in [6.45, 7) is 6.46. The Morgan fingerprint density at radius 2 is 1.82 bits per heavy atom. The first-order valence-electron chi connectivity index (χ1n) is 13.6. The number of likely N-dealkylation sites (tertiary alicyclic amines) is 1. The number of anilines is 4. The van der Waals surface area contributed by atoms with Gasteiger partial charge in [0.2, 0.25) is 11.9 Å². The fourth-order valence-corrected chi connectivity index (χ4v) is 5.85. The van der Waals surface area contributed by atoms with E-state index < -0.39 is 5.41 Å². The summed E-state index contributed by atoms with van der Waals surface area (Å²) < 4.78 is 0. The molecule has 2 fully saturated rings. The number of phenols is 1. The van der Waals surface area contributed by atoms with Crippen LogP contribution in [0.15, 0.2) is 24.4 Å². The zero-order chi connectivity index (χ0) is 27.0. The quantitative estimate of drug-likeness (QED) is 0.513. The second kappa shape index (κ2) is 10.4. The van der Waals surface area contributed by atoms with Crippen LogP contribution in [0.1, 0.15) is 62.7 Å². The smallest absolute Gasteiger partial charge is 0.251 e. The molecule has 0 unspecified atom stereocenters. The summed E-state index contributed by atoms with van der Waals surface area (Å²) in [6, 6.07) is 5.29. The van der Waals surface area contributed by atoms with Gasteiger partial charge >= 0.3 is 0 Å². The molecule has 38 heavy (non-hydrogen) atoms. The number of carbonyl (C=O) groups is 2. The third kappa shape index (κ3) is 5.27. The Morgan fingerprint density at radius 3 is 2.50 bits per heavy atom. The Hall–Kier alpha value is -3.40. The Morgan fingerprint density at radius 1 is 1.11 bits per heavy atom. The van der Waals surface area contributed by atoms with E-state index in [9.17, 15) is 14.7 Å². The van der Waals surface area contributed by atoms with Crippen molar-refractivity contribution in [2.75, 3.05) is 48.8 Å². The third-order valence-corrected chi connectivity index (χ3v) is 8.16. The lowest BCUT2D eigenvalue weighted by Crippen LogP contribution is -2.45. The number of nitrogens with one attached hydrogen (secondary N) is 2. The lowest BCUT2D eigenvalue weighted by molar-refractivity contribution is -0.125. The van der Waals surface area contributed by atoms with Crippen molar-refractivity contribution in [2.24, 2.45) is 5.41 Å². The minimum Gasteiger partial charge on any atom is -0.506 e. The van der Waals surface area contributed by atoms with E-state index in [4.69, 9.17) is 4.98 Å². The zero-order valence-electron chi connectivity index (χ0n) is 22.8. The minimum atomic E-state index is -0.562. The molecule has 1 aliphatic carbocycles. The molecule has 5 rings (SSSR count). The van der Waals surface area contributed by atoms with E-state index in [1.54, 1.807) is 30.3 Å². The molecule has 0 bridgehead atoms. The monoisotopic (exact) mass is 521 g/mol. The van der Waals surface area contributed by atoms with Crippen molar-refractivity contribution in [3.8, 4) is 5.75 Å². The van der Waals surface area contributed by atoms with Gasteiger partial charge in [0.15, 0.2) is 5.82 Å². The van der Waals surface area contributed by atoms with E-state index in [2.05, 4.69) is 32.5 Å². The second-order valence-electron chi connectivity index (χ2n) is 11.6. The van der Waals surface area contributed by atoms with Crippen molar-refractivity contribution in [3.05, 3.63) is 30.0 Å². The molecule has 1 aromatic carbocycles. The third-order valence-electron chi connectivity index (χ3n) is 8.16. The average Bonchev–Trinajstić information content (AvgIpc) is 3.41. The Kier molecular flexibility index (Phi) is 7.17. The molecule has 10 heteroatoms. The van der Waals surface area contributed by atoms with Crippen LogP contribution in [0.2, 0.25) is 0 Å². The zero-order valence-corrected chi connectivity index (χ0v) is 22.8. The van der Waals surface area contributed by atoms with Crippen molar-refractivity contribution in [2.45, 2.75) is 64.5 Å². The highest BCUT2D eigenvalue weighted by atomic mass is 16.3. The standard InChI is InChI=1S/C28H39N7O3/c1-28(2)17-35(20-7-5-6-8-20)24-22(34(4)26(28)38)16-29-27(32-24)31-21-10-9-18(15-23(21)36)25(37)30-19-11-13-33(3)14-12-19/h9-10,15-16,19-20,36H,5-8,11-14,17H2,1-4H3,(H,30,37)(H,29,31,32). The fourth-order valence-electron chi connectivity index (χ4n) is 5.85. The maximum atomic E-state index is 13.2. The van der Waals surface area contributed by atoms with Gasteiger partial charge in [-0.25, -0.2) is 4.98 Å². The molecule has 2 amide bonds. The van der Waals surface area contributed by atoms with Crippen LogP contribution in [0.5, 0.6) is 5.75 Å². The van der Waals surface area contributed by atoms with Crippen LogP contribution in [-0.4, -0.2) is 77.6 Å². The highest BCUT2D eigenvalue weighted by Crippen LogP contribution is 2.40. The molecule has 1 saturated carbocycles. The second-order valence-corrected chi connectivity index (χ2v) is 11.6. The van der Waals surface area contributed by atoms with Crippen LogP contribution in [-0.2, 0) is 4.79 Å². The SMILES string of the molecule is CN1CCC(NC(=O)c2ccc(Nc3ncc4c(n3)N(C3CCCC3)CC(C)(C)C(=O)N4C)c(O)c2)CC1. The van der Waals surface area contributed by atoms with Crippen LogP contribution < -0.4 is 20.4 Å². The number of nitrogens with zero attached hydrogens (tertiary/aromatic N) is 5. The van der Waals surface area contributed by atoms with Crippen molar-refractivity contribution < 1.29 is 14.7 Å². The van der Waals surface area contributed by atoms with Gasteiger partial charge in [0.05, 0.1) is 17.3 Å². The molecule has 2 aromatic rings. The normalized spacial score (nSPS) is 20.8. The van der Waals surface area contributed by atoms with E-state index in [0.717, 1.165) is 44.6 Å². The minimum absolute atomic E-state index is 0.0373. The van der Waals surface area contributed by atoms with Gasteiger partial charge in [-0.1, -0.05) is 12.8 Å². The predicted molar refractivity (Wildman–Crippen MR) is 148 cm³/mol. The number of carbonyl (C=O) groups excluding carboxylic acids is 2. The van der Waals surface area contributed by atoms with Crippen LogP contribution in [0.25, 0.3) is 0 Å². The van der Waals surface area contributed by atoms with E-state index in [-0.39, 0.29) is 23.6 Å². The first-order valence-corrected chi connectivity index (χ1v) is 13.6. The lowest BCUT2D eigenvalue weighted by atomic mass is 9.91. The number of benzene rings is 1. The number of amides is 2. The summed E-state index contributed by atoms with van der Waals surface area (Å²) >= 11 is 0. The van der Waals surface area contributed by atoms with Gasteiger partial charge in [0.25, 0.3) is 5.91 Å². The van der Waals surface area contributed by atoms with Gasteiger partial charge in [-0.3, -0.25) is 9.59 Å². The molecule has 0 atom stereocenters. The van der Waals surface area contributed by atoms with Crippen LogP contribution in [0, 0.1) is 5.41 Å². The Balaban J connectivity index is 1.36. The van der Waals surface area contributed by atoms with E-state index >= 15 is 0 Å². The first-order chi connectivity index (χ1) is 18.1. The van der Waals surface area contributed by atoms with Gasteiger partial charge in [-0.2, -0.15) is 4.98 Å². The van der Waals surface area contributed by atoms with Crippen LogP contribution in [0.4, 0.5) is 23.1 Å². The van der Waals surface area contributed by atoms with Crippen molar-refractivity contribution >= 4 is 35.0 Å². The number of rotatable bonds is 5. The molecule has 0 radical (unpaired) electrons. The summed E-state index contributed by atoms with van der Waals surface area (Å²) in [5.74, 6) is 0.844. The number of aromatic nitrogens is 2. The molecule has 3 aliphatic rings. The molecule has 0 spiro atoms. The van der Waals surface area contributed by atoms with Crippen LogP contribution >= 0.6 is 0 Å². The first kappa shape index (κ1) is 26.2. The number of hydrogen-bond donors (Lipinski definition) is 3. The molecular weight excluding hydrogens is 482 g/mol. The van der Waals surface area contributed by atoms with Crippen molar-refractivity contribution in [3.63, 3.8) is 0 Å². The molecule has 10 nitrogen and oxygen atoms in total. The molecule has 204 valence electrons. The summed E-state index contributed by atoms with van der Waals surface area (Å²) in [4.78, 5) is 41.5. The van der Waals surface area contributed by atoms with Gasteiger partial charge in [0.1, 0.15) is 11.4 Å². The predicted octanol–water partition coefficient (Wildman–Crippen LogP) is 3.50. The molecule has 2 aliphatic heterocycles. The van der Waals surface area contributed by atoms with Gasteiger partial charge in [-0.05, 0) is 77.9 Å². The highest BCUT2D eigenvalue weighted by molar-refractivity contribution is 6.01. The number of aromatic hydroxyl groups is 1. The van der Waals surface area contributed by atoms with Crippen molar-refractivity contribution in [1.82, 2.24) is 20.2 Å². The van der Waals surface area contributed by atoms with Gasteiger partial charge < -0.3 is 30.4 Å². The summed E-state index contributed by atoms with van der Waals surface area (Å²) in [7, 11) is 3.86. The summed E-state index contributed by atoms with van der Waals surface area (Å²) in [6.07, 6.45) is 7.99. The summed E-state index contributed by atoms with van der Waals surface area (Å²) in [5.41, 5.74) is 0.938. The number of hydrogen-bond acceptors (Lipinski definition) is 8. The average molecular weight is 522 g/mol. The van der Waals surface area contributed by atoms with E-state index in [1.165, 1.54) is 18.9 Å². The van der Waals surface area contributed by atoms with E-state index in [1.807, 2.05) is 13.8 Å². The number of fused-ring (bicyclic) bond motifs is 1. The molecule has 3 N–H and O–H groups in total. The molecule has 1 aromatic heterocycles. The van der Waals surface area contributed by atoms with Crippen molar-refractivity contribution in [1.29, 1.82) is 0 Å². The molecular formula is C28H39N7O3. The number of phenolic OH excluding ortho intramolecular Hbond substituents is 1. The summed E-state index contributed by atoms with van der Waals surface area (Å²) in [5, 5.41) is 16.9. The lowest BCUT2D eigenvalue weighted by Gasteiger charge is -2.34. The maximum Gasteiger partial charge on any atom is 0.251 e. The Bertz CT molecular complexity index is 1200. The van der Waals surface area contributed by atoms with E-state index in [0.29, 0.717) is 35.5 Å². The Labute approximate surface area is 224 Å². The topological polar surface area (TPSA) is 114 Å².